The third-order valence-electron chi connectivity index (χ3n) is 6.25. The summed E-state index contributed by atoms with van der Waals surface area (Å²) in [6, 6.07) is 2.04. The minimum absolute atomic E-state index is 0.212. The number of rotatable bonds is 2. The van der Waals surface area contributed by atoms with Gasteiger partial charge in [-0.1, -0.05) is 12.8 Å². The van der Waals surface area contributed by atoms with Crippen LogP contribution in [0.1, 0.15) is 44.2 Å². The fraction of sp³-hybridized carbons (Fsp3) is 0.737. The van der Waals surface area contributed by atoms with Crippen LogP contribution < -0.4 is 4.90 Å². The Balaban J connectivity index is 1.33. The first kappa shape index (κ1) is 15.9. The number of fused-ring (bicyclic) bond motifs is 1. The number of hydrogen-bond acceptors (Lipinski definition) is 4. The molecule has 3 heterocycles. The molecule has 2 atom stereocenters. The molecule has 1 aromatic heterocycles. The molecule has 0 aromatic carbocycles. The number of hydrogen-bond donors (Lipinski definition) is 0. The SMILES string of the molecule is Cc1cc(N2CCC(C(=O)N3CC4CCCCC4C3)CC2)ncn1. The van der Waals surface area contributed by atoms with E-state index in [1.807, 2.05) is 13.0 Å². The van der Waals surface area contributed by atoms with Crippen molar-refractivity contribution >= 4 is 11.7 Å². The lowest BCUT2D eigenvalue weighted by atomic mass is 9.82. The summed E-state index contributed by atoms with van der Waals surface area (Å²) >= 11 is 0. The molecule has 2 unspecified atom stereocenters. The molecule has 2 aliphatic heterocycles. The van der Waals surface area contributed by atoms with E-state index in [2.05, 4.69) is 19.8 Å². The zero-order chi connectivity index (χ0) is 16.5. The summed E-state index contributed by atoms with van der Waals surface area (Å²) in [5.74, 6) is 3.20. The van der Waals surface area contributed by atoms with Crippen molar-refractivity contribution in [3.05, 3.63) is 18.1 Å². The van der Waals surface area contributed by atoms with Gasteiger partial charge in [0.2, 0.25) is 5.91 Å². The van der Waals surface area contributed by atoms with Crippen molar-refractivity contribution in [2.75, 3.05) is 31.1 Å². The van der Waals surface area contributed by atoms with Gasteiger partial charge in [-0.05, 0) is 44.4 Å². The summed E-state index contributed by atoms with van der Waals surface area (Å²) in [7, 11) is 0. The highest BCUT2D eigenvalue weighted by Gasteiger charge is 2.39. The molecule has 24 heavy (non-hydrogen) atoms. The van der Waals surface area contributed by atoms with Crippen LogP contribution in [-0.4, -0.2) is 47.0 Å². The van der Waals surface area contributed by atoms with Crippen LogP contribution >= 0.6 is 0 Å². The average molecular weight is 328 g/mol. The smallest absolute Gasteiger partial charge is 0.225 e. The normalized spacial score (nSPS) is 28.0. The first-order valence-corrected chi connectivity index (χ1v) is 9.53. The third-order valence-corrected chi connectivity index (χ3v) is 6.25. The maximum atomic E-state index is 12.9. The van der Waals surface area contributed by atoms with Crippen LogP contribution in [0, 0.1) is 24.7 Å². The molecule has 0 bridgehead atoms. The highest BCUT2D eigenvalue weighted by molar-refractivity contribution is 5.79. The van der Waals surface area contributed by atoms with E-state index in [-0.39, 0.29) is 5.92 Å². The van der Waals surface area contributed by atoms with Gasteiger partial charge in [-0.2, -0.15) is 0 Å². The van der Waals surface area contributed by atoms with Gasteiger partial charge in [-0.15, -0.1) is 0 Å². The van der Waals surface area contributed by atoms with Crippen LogP contribution in [0.15, 0.2) is 12.4 Å². The second-order valence-corrected chi connectivity index (χ2v) is 7.83. The molecular formula is C19H28N4O. The molecule has 1 aromatic rings. The van der Waals surface area contributed by atoms with E-state index in [0.717, 1.165) is 62.4 Å². The Bertz CT molecular complexity index is 583. The minimum Gasteiger partial charge on any atom is -0.356 e. The molecule has 0 radical (unpaired) electrons. The van der Waals surface area contributed by atoms with Crippen molar-refractivity contribution in [1.82, 2.24) is 14.9 Å². The Kier molecular flexibility index (Phi) is 4.42. The summed E-state index contributed by atoms with van der Waals surface area (Å²) in [6.07, 6.45) is 8.93. The minimum atomic E-state index is 0.212. The molecule has 0 spiro atoms. The van der Waals surface area contributed by atoms with Gasteiger partial charge in [0.15, 0.2) is 0 Å². The van der Waals surface area contributed by atoms with Gasteiger partial charge in [-0.3, -0.25) is 4.79 Å². The van der Waals surface area contributed by atoms with Crippen molar-refractivity contribution in [2.24, 2.45) is 17.8 Å². The molecule has 4 rings (SSSR count). The number of piperidine rings is 1. The number of aromatic nitrogens is 2. The number of likely N-dealkylation sites (tertiary alicyclic amines) is 1. The molecule has 1 saturated carbocycles. The Morgan fingerprint density at radius 3 is 2.33 bits per heavy atom. The predicted octanol–water partition coefficient (Wildman–Crippen LogP) is 2.65. The molecule has 1 amide bonds. The molecule has 3 aliphatic rings. The second-order valence-electron chi connectivity index (χ2n) is 7.83. The van der Waals surface area contributed by atoms with E-state index in [4.69, 9.17) is 0 Å². The molecule has 3 fully saturated rings. The first-order chi connectivity index (χ1) is 11.7. The number of carbonyl (C=O) groups excluding carboxylic acids is 1. The second kappa shape index (κ2) is 6.69. The fourth-order valence-electron chi connectivity index (χ4n) is 4.81. The van der Waals surface area contributed by atoms with E-state index in [1.165, 1.54) is 25.7 Å². The quantitative estimate of drug-likeness (QED) is 0.837. The largest absolute Gasteiger partial charge is 0.356 e. The van der Waals surface area contributed by atoms with Crippen molar-refractivity contribution in [2.45, 2.75) is 45.4 Å². The summed E-state index contributed by atoms with van der Waals surface area (Å²) < 4.78 is 0. The summed E-state index contributed by atoms with van der Waals surface area (Å²) in [4.78, 5) is 26.0. The van der Waals surface area contributed by atoms with Crippen molar-refractivity contribution in [1.29, 1.82) is 0 Å². The molecule has 1 aliphatic carbocycles. The zero-order valence-corrected chi connectivity index (χ0v) is 14.7. The molecular weight excluding hydrogens is 300 g/mol. The third kappa shape index (κ3) is 3.13. The summed E-state index contributed by atoms with van der Waals surface area (Å²) in [6.45, 7) is 5.89. The van der Waals surface area contributed by atoms with E-state index in [9.17, 15) is 4.79 Å². The van der Waals surface area contributed by atoms with Crippen molar-refractivity contribution < 1.29 is 4.79 Å². The predicted molar refractivity (Wildman–Crippen MR) is 93.7 cm³/mol. The summed E-state index contributed by atoms with van der Waals surface area (Å²) in [5, 5.41) is 0. The van der Waals surface area contributed by atoms with Crippen LogP contribution in [0.5, 0.6) is 0 Å². The van der Waals surface area contributed by atoms with E-state index in [1.54, 1.807) is 6.33 Å². The molecule has 2 saturated heterocycles. The Hall–Kier alpha value is -1.65. The Morgan fingerprint density at radius 1 is 1.04 bits per heavy atom. The maximum absolute atomic E-state index is 12.9. The Labute approximate surface area is 144 Å². The van der Waals surface area contributed by atoms with Crippen molar-refractivity contribution in [3.8, 4) is 0 Å². The first-order valence-electron chi connectivity index (χ1n) is 9.53. The van der Waals surface area contributed by atoms with Gasteiger partial charge in [0.25, 0.3) is 0 Å². The van der Waals surface area contributed by atoms with Gasteiger partial charge in [0.1, 0.15) is 12.1 Å². The maximum Gasteiger partial charge on any atom is 0.225 e. The van der Waals surface area contributed by atoms with Crippen LogP contribution in [0.25, 0.3) is 0 Å². The highest BCUT2D eigenvalue weighted by atomic mass is 16.2. The van der Waals surface area contributed by atoms with Gasteiger partial charge in [0, 0.05) is 43.9 Å². The molecule has 130 valence electrons. The van der Waals surface area contributed by atoms with Crippen LogP contribution in [0.3, 0.4) is 0 Å². The van der Waals surface area contributed by atoms with Gasteiger partial charge in [-0.25, -0.2) is 9.97 Å². The number of carbonyl (C=O) groups is 1. The van der Waals surface area contributed by atoms with E-state index in [0.29, 0.717) is 5.91 Å². The van der Waals surface area contributed by atoms with Crippen LogP contribution in [0.4, 0.5) is 5.82 Å². The van der Waals surface area contributed by atoms with Gasteiger partial charge < -0.3 is 9.80 Å². The zero-order valence-electron chi connectivity index (χ0n) is 14.7. The lowest BCUT2D eigenvalue weighted by Gasteiger charge is -2.34. The Morgan fingerprint density at radius 2 is 1.71 bits per heavy atom. The molecule has 0 N–H and O–H groups in total. The molecule has 5 nitrogen and oxygen atoms in total. The van der Waals surface area contributed by atoms with E-state index < -0.39 is 0 Å². The van der Waals surface area contributed by atoms with Gasteiger partial charge >= 0.3 is 0 Å². The number of amides is 1. The molecule has 5 heteroatoms. The lowest BCUT2D eigenvalue weighted by molar-refractivity contribution is -0.135. The fourth-order valence-corrected chi connectivity index (χ4v) is 4.81. The number of aryl methyl sites for hydroxylation is 1. The average Bonchev–Trinajstić information content (AvgIpc) is 3.05. The number of anilines is 1. The standard InChI is InChI=1S/C19H28N4O/c1-14-10-18(21-13-20-14)22-8-6-15(7-9-22)19(24)23-11-16-4-2-3-5-17(16)12-23/h10,13,15-17H,2-9,11-12H2,1H3. The highest BCUT2D eigenvalue weighted by Crippen LogP contribution is 2.37. The van der Waals surface area contributed by atoms with Gasteiger partial charge in [0.05, 0.1) is 0 Å². The van der Waals surface area contributed by atoms with E-state index >= 15 is 0 Å². The lowest BCUT2D eigenvalue weighted by Crippen LogP contribution is -2.42. The monoisotopic (exact) mass is 328 g/mol. The van der Waals surface area contributed by atoms with Crippen molar-refractivity contribution in [3.63, 3.8) is 0 Å². The van der Waals surface area contributed by atoms with Crippen LogP contribution in [-0.2, 0) is 4.79 Å². The van der Waals surface area contributed by atoms with Crippen LogP contribution in [0.2, 0.25) is 0 Å². The topological polar surface area (TPSA) is 49.3 Å². The summed E-state index contributed by atoms with van der Waals surface area (Å²) in [5.41, 5.74) is 0.998. The number of nitrogens with zero attached hydrogens (tertiary/aromatic N) is 4.